The van der Waals surface area contributed by atoms with Gasteiger partial charge in [0.1, 0.15) is 12.1 Å². The molecule has 0 heterocycles. The van der Waals surface area contributed by atoms with Crippen LogP contribution in [0.2, 0.25) is 0 Å². The number of hydrogen-bond acceptors (Lipinski definition) is 5. The highest BCUT2D eigenvalue weighted by Crippen LogP contribution is 2.04. The first-order chi connectivity index (χ1) is 13.6. The van der Waals surface area contributed by atoms with Crippen LogP contribution in [0.5, 0.6) is 0 Å². The molecule has 0 bridgehead atoms. The number of rotatable bonds is 11. The highest BCUT2D eigenvalue weighted by Gasteiger charge is 2.23. The highest BCUT2D eigenvalue weighted by molar-refractivity contribution is 5.92. The summed E-state index contributed by atoms with van der Waals surface area (Å²) in [6.07, 6.45) is 0.608. The number of benzene rings is 1. The van der Waals surface area contributed by atoms with Gasteiger partial charge in [-0.15, -0.1) is 0 Å². The van der Waals surface area contributed by atoms with Gasteiger partial charge in [-0.2, -0.15) is 0 Å². The van der Waals surface area contributed by atoms with Crippen LogP contribution in [0.15, 0.2) is 30.3 Å². The van der Waals surface area contributed by atoms with E-state index in [4.69, 9.17) is 5.73 Å². The third-order valence-electron chi connectivity index (χ3n) is 4.15. The maximum Gasteiger partial charge on any atom is 0.326 e. The Bertz CT molecular complexity index is 708. The topological polar surface area (TPSA) is 151 Å². The van der Waals surface area contributed by atoms with Crippen molar-refractivity contribution in [3.63, 3.8) is 0 Å². The van der Waals surface area contributed by atoms with E-state index >= 15 is 0 Å². The molecule has 160 valence electrons. The van der Waals surface area contributed by atoms with Crippen LogP contribution in [0.1, 0.15) is 32.8 Å². The van der Waals surface area contributed by atoms with Crippen LogP contribution in [-0.4, -0.2) is 53.5 Å². The van der Waals surface area contributed by atoms with E-state index in [-0.39, 0.29) is 12.3 Å². The van der Waals surface area contributed by atoms with E-state index in [0.717, 1.165) is 5.56 Å². The molecule has 3 unspecified atom stereocenters. The van der Waals surface area contributed by atoms with E-state index in [2.05, 4.69) is 16.0 Å². The summed E-state index contributed by atoms with van der Waals surface area (Å²) in [6.45, 7) is 4.94. The molecule has 6 N–H and O–H groups in total. The first-order valence-electron chi connectivity index (χ1n) is 9.49. The van der Waals surface area contributed by atoms with Gasteiger partial charge >= 0.3 is 5.97 Å². The molecule has 0 spiro atoms. The number of carboxylic acids is 1. The number of aliphatic carboxylic acids is 1. The molecule has 29 heavy (non-hydrogen) atoms. The average Bonchev–Trinajstić information content (AvgIpc) is 2.65. The van der Waals surface area contributed by atoms with E-state index in [1.165, 1.54) is 6.92 Å². The van der Waals surface area contributed by atoms with Gasteiger partial charge in [0.25, 0.3) is 0 Å². The highest BCUT2D eigenvalue weighted by atomic mass is 16.4. The Hall–Kier alpha value is -2.94. The lowest BCUT2D eigenvalue weighted by Crippen LogP contribution is -2.52. The molecule has 0 saturated carbocycles. The van der Waals surface area contributed by atoms with Gasteiger partial charge in [-0.1, -0.05) is 44.2 Å². The Morgan fingerprint density at radius 2 is 1.62 bits per heavy atom. The fourth-order valence-electron chi connectivity index (χ4n) is 2.62. The normalized spacial score (nSPS) is 13.8. The Balaban J connectivity index is 2.47. The zero-order valence-corrected chi connectivity index (χ0v) is 17.0. The molecule has 0 fully saturated rings. The molecule has 0 aliphatic rings. The zero-order valence-electron chi connectivity index (χ0n) is 17.0. The second-order valence-electron chi connectivity index (χ2n) is 7.33. The number of amides is 3. The smallest absolute Gasteiger partial charge is 0.326 e. The summed E-state index contributed by atoms with van der Waals surface area (Å²) >= 11 is 0. The number of hydrogen-bond donors (Lipinski definition) is 5. The molecule has 0 saturated heterocycles. The van der Waals surface area contributed by atoms with E-state index < -0.39 is 48.4 Å². The minimum atomic E-state index is -1.17. The van der Waals surface area contributed by atoms with Crippen LogP contribution >= 0.6 is 0 Å². The largest absolute Gasteiger partial charge is 0.480 e. The summed E-state index contributed by atoms with van der Waals surface area (Å²) in [4.78, 5) is 47.5. The first-order valence-corrected chi connectivity index (χ1v) is 9.49. The van der Waals surface area contributed by atoms with Gasteiger partial charge in [-0.25, -0.2) is 4.79 Å². The number of carbonyl (C=O) groups excluding carboxylic acids is 3. The van der Waals surface area contributed by atoms with Crippen molar-refractivity contribution in [2.45, 2.75) is 51.7 Å². The fourth-order valence-corrected chi connectivity index (χ4v) is 2.62. The second kappa shape index (κ2) is 11.8. The summed E-state index contributed by atoms with van der Waals surface area (Å²) in [6, 6.07) is 6.17. The maximum atomic E-state index is 12.1. The molecular weight excluding hydrogens is 376 g/mol. The summed E-state index contributed by atoms with van der Waals surface area (Å²) in [5, 5.41) is 16.6. The molecule has 3 atom stereocenters. The van der Waals surface area contributed by atoms with E-state index in [0.29, 0.717) is 6.42 Å². The Labute approximate surface area is 170 Å². The van der Waals surface area contributed by atoms with Gasteiger partial charge in [-0.3, -0.25) is 14.4 Å². The predicted octanol–water partition coefficient (Wildman–Crippen LogP) is -0.207. The molecule has 1 aromatic rings. The molecule has 0 aliphatic heterocycles. The van der Waals surface area contributed by atoms with Crippen molar-refractivity contribution in [2.24, 2.45) is 11.7 Å². The number of carboxylic acid groups (broad SMARTS) is 1. The van der Waals surface area contributed by atoms with Gasteiger partial charge in [0.15, 0.2) is 0 Å². The second-order valence-corrected chi connectivity index (χ2v) is 7.33. The van der Waals surface area contributed by atoms with Crippen LogP contribution in [0.25, 0.3) is 0 Å². The van der Waals surface area contributed by atoms with Crippen molar-refractivity contribution in [3.05, 3.63) is 35.9 Å². The quantitative estimate of drug-likeness (QED) is 0.343. The van der Waals surface area contributed by atoms with Gasteiger partial charge in [0, 0.05) is 6.42 Å². The van der Waals surface area contributed by atoms with Crippen molar-refractivity contribution < 1.29 is 24.3 Å². The lowest BCUT2D eigenvalue weighted by atomic mass is 10.0. The van der Waals surface area contributed by atoms with Crippen molar-refractivity contribution in [2.75, 3.05) is 6.54 Å². The van der Waals surface area contributed by atoms with Crippen LogP contribution in [0.4, 0.5) is 0 Å². The monoisotopic (exact) mass is 406 g/mol. The average molecular weight is 406 g/mol. The van der Waals surface area contributed by atoms with E-state index in [9.17, 15) is 24.3 Å². The van der Waals surface area contributed by atoms with Crippen LogP contribution in [0.3, 0.4) is 0 Å². The summed E-state index contributed by atoms with van der Waals surface area (Å²) in [5.41, 5.74) is 6.53. The minimum Gasteiger partial charge on any atom is -0.480 e. The molecule has 0 radical (unpaired) electrons. The zero-order chi connectivity index (χ0) is 22.0. The lowest BCUT2D eigenvalue weighted by molar-refractivity contribution is -0.141. The minimum absolute atomic E-state index is 0.121. The Morgan fingerprint density at radius 1 is 1.00 bits per heavy atom. The first kappa shape index (κ1) is 24.1. The fraction of sp³-hybridized carbons (Fsp3) is 0.500. The molecule has 9 heteroatoms. The van der Waals surface area contributed by atoms with Crippen LogP contribution in [0, 0.1) is 5.92 Å². The standard InChI is InChI=1S/C20H30N4O5/c1-12(2)9-15(21)19(27)23-13(3)18(26)22-11-17(25)24-16(20(28)29)10-14-7-5-4-6-8-14/h4-8,12-13,15-16H,9-11,21H2,1-3H3,(H,22,26)(H,23,27)(H,24,25)(H,28,29). The molecule has 9 nitrogen and oxygen atoms in total. The molecule has 0 aromatic heterocycles. The third kappa shape index (κ3) is 9.20. The van der Waals surface area contributed by atoms with Gasteiger partial charge in [0.2, 0.25) is 17.7 Å². The van der Waals surface area contributed by atoms with Crippen molar-refractivity contribution in [3.8, 4) is 0 Å². The molecular formula is C20H30N4O5. The van der Waals surface area contributed by atoms with Crippen molar-refractivity contribution in [1.82, 2.24) is 16.0 Å². The molecule has 0 aliphatic carbocycles. The third-order valence-corrected chi connectivity index (χ3v) is 4.15. The number of nitrogens with one attached hydrogen (secondary N) is 3. The molecule has 3 amide bonds. The van der Waals surface area contributed by atoms with Crippen molar-refractivity contribution >= 4 is 23.7 Å². The van der Waals surface area contributed by atoms with Gasteiger partial charge in [-0.05, 0) is 24.8 Å². The lowest BCUT2D eigenvalue weighted by Gasteiger charge is -2.19. The maximum absolute atomic E-state index is 12.1. The number of nitrogens with two attached hydrogens (primary N) is 1. The van der Waals surface area contributed by atoms with E-state index in [1.54, 1.807) is 24.3 Å². The number of carbonyl (C=O) groups is 4. The van der Waals surface area contributed by atoms with Crippen molar-refractivity contribution in [1.29, 1.82) is 0 Å². The molecule has 1 rings (SSSR count). The van der Waals surface area contributed by atoms with Gasteiger partial charge < -0.3 is 26.8 Å². The predicted molar refractivity (Wildman–Crippen MR) is 108 cm³/mol. The van der Waals surface area contributed by atoms with E-state index in [1.807, 2.05) is 19.9 Å². The molecule has 1 aromatic carbocycles. The van der Waals surface area contributed by atoms with Gasteiger partial charge in [0.05, 0.1) is 12.6 Å². The van der Waals surface area contributed by atoms with Crippen LogP contribution in [-0.2, 0) is 25.6 Å². The summed E-state index contributed by atoms with van der Waals surface area (Å²) in [5.74, 6) is -2.59. The Kier molecular flexibility index (Phi) is 9.81. The summed E-state index contributed by atoms with van der Waals surface area (Å²) in [7, 11) is 0. The SMILES string of the molecule is CC(C)CC(N)C(=O)NC(C)C(=O)NCC(=O)NC(Cc1ccccc1)C(=O)O. The summed E-state index contributed by atoms with van der Waals surface area (Å²) < 4.78 is 0. The Morgan fingerprint density at radius 3 is 2.17 bits per heavy atom. The van der Waals surface area contributed by atoms with Crippen LogP contribution < -0.4 is 21.7 Å².